The lowest BCUT2D eigenvalue weighted by Crippen LogP contribution is -2.55. The molecule has 3 aliphatic heterocycles. The number of carbonyl (C=O) groups excluding carboxylic acids is 2. The Labute approximate surface area is 290 Å². The van der Waals surface area contributed by atoms with Gasteiger partial charge in [-0.25, -0.2) is 0 Å². The molecule has 3 aromatic rings. The van der Waals surface area contributed by atoms with Crippen LogP contribution in [0.25, 0.3) is 0 Å². The van der Waals surface area contributed by atoms with E-state index in [4.69, 9.17) is 9.47 Å². The summed E-state index contributed by atoms with van der Waals surface area (Å²) in [4.78, 5) is 33.8. The Hall–Kier alpha value is -3.77. The van der Waals surface area contributed by atoms with Crippen molar-refractivity contribution >= 4 is 31.6 Å². The predicted molar refractivity (Wildman–Crippen MR) is 192 cm³/mol. The zero-order valence-electron chi connectivity index (χ0n) is 29.0. The van der Waals surface area contributed by atoms with Gasteiger partial charge in [0.2, 0.25) is 14.3 Å². The van der Waals surface area contributed by atoms with Gasteiger partial charge in [0.05, 0.1) is 19.4 Å². The molecular formula is C38H49FN4O5Si. The number of piperidine rings is 1. The summed E-state index contributed by atoms with van der Waals surface area (Å²) in [6, 6.07) is 25.5. The Balaban J connectivity index is 1.27. The minimum Gasteiger partial charge on any atom is -0.490 e. The van der Waals surface area contributed by atoms with Crippen LogP contribution >= 0.6 is 0 Å². The van der Waals surface area contributed by atoms with Crippen LogP contribution in [-0.4, -0.2) is 81.9 Å². The van der Waals surface area contributed by atoms with Crippen molar-refractivity contribution in [3.63, 3.8) is 0 Å². The van der Waals surface area contributed by atoms with Crippen LogP contribution in [0.2, 0.25) is 18.6 Å². The average Bonchev–Trinajstić information content (AvgIpc) is 3.37. The number of halogens is 1. The first-order chi connectivity index (χ1) is 23.6. The molecule has 0 radical (unpaired) electrons. The molecule has 6 rings (SSSR count). The van der Waals surface area contributed by atoms with Crippen LogP contribution < -0.4 is 19.9 Å². The molecule has 0 aliphatic carbocycles. The number of para-hydroxylation sites is 1. The number of rotatable bonds is 11. The highest BCUT2D eigenvalue weighted by molar-refractivity contribution is 6.72. The van der Waals surface area contributed by atoms with E-state index < -0.39 is 31.7 Å². The Kier molecular flexibility index (Phi) is 10.5. The van der Waals surface area contributed by atoms with Gasteiger partial charge in [-0.15, -0.1) is 0 Å². The number of aliphatic hydroxyl groups is 1. The molecule has 0 saturated carbocycles. The van der Waals surface area contributed by atoms with E-state index in [2.05, 4.69) is 22.3 Å². The van der Waals surface area contributed by atoms with Gasteiger partial charge in [0.15, 0.2) is 0 Å². The number of ether oxygens (including phenoxy) is 2. The molecule has 2 saturated heterocycles. The first-order valence-corrected chi connectivity index (χ1v) is 20.3. The Morgan fingerprint density at radius 2 is 1.76 bits per heavy atom. The summed E-state index contributed by atoms with van der Waals surface area (Å²) in [5, 5.41) is 13.2. The molecular weight excluding hydrogens is 640 g/mol. The number of nitrogens with one attached hydrogen (secondary N) is 1. The third-order valence-electron chi connectivity index (χ3n) is 10.7. The highest BCUT2D eigenvalue weighted by Gasteiger charge is 2.54. The fraction of sp³-hybridized carbons (Fsp3) is 0.474. The number of amides is 2. The van der Waals surface area contributed by atoms with Gasteiger partial charge in [-0.3, -0.25) is 14.5 Å². The molecule has 2 N–H and O–H groups in total. The van der Waals surface area contributed by atoms with Gasteiger partial charge in [-0.2, -0.15) is 0 Å². The molecule has 3 aromatic carbocycles. The van der Waals surface area contributed by atoms with Crippen LogP contribution in [0.1, 0.15) is 43.4 Å². The van der Waals surface area contributed by atoms with E-state index >= 15 is 4.11 Å². The number of benzene rings is 3. The maximum atomic E-state index is 16.3. The average molecular weight is 689 g/mol. The molecule has 1 unspecified atom stereocenters. The summed E-state index contributed by atoms with van der Waals surface area (Å²) in [7, 11) is -1.82. The van der Waals surface area contributed by atoms with Crippen molar-refractivity contribution in [3.05, 3.63) is 90.0 Å². The zero-order chi connectivity index (χ0) is 34.8. The molecule has 3 aliphatic rings. The molecule has 262 valence electrons. The fourth-order valence-corrected chi connectivity index (χ4v) is 9.80. The third-order valence-corrected chi connectivity index (χ3v) is 13.0. The number of hydrogen-bond donors (Lipinski definition) is 2. The summed E-state index contributed by atoms with van der Waals surface area (Å²) >= 11 is 0. The van der Waals surface area contributed by atoms with Crippen LogP contribution in [0.5, 0.6) is 5.75 Å². The number of hydrogen-bond acceptors (Lipinski definition) is 7. The topological polar surface area (TPSA) is 94.6 Å². The van der Waals surface area contributed by atoms with Crippen molar-refractivity contribution in [1.29, 1.82) is 0 Å². The minimum atomic E-state index is -3.46. The first-order valence-electron chi connectivity index (χ1n) is 17.4. The number of carbonyl (C=O) groups is 2. The number of aliphatic hydroxyl groups excluding tert-OH is 1. The number of anilines is 2. The SMILES string of the molecule is CO[C@@H]1c2cc(N3CN(c4ccccc4)C4(CCNCC4)C3=O)ccc2O[C@H](C(CC(=O)N(CCO)Cc2ccccc2)[Si](C)(C)F)[C@H]1C. The summed E-state index contributed by atoms with van der Waals surface area (Å²) in [6.07, 6.45) is 0.363. The standard InChI is InChI=1S/C38H49FN4O5Si/c1-27-35(47-2)31-23-30(42-26-43(29-13-9-6-10-14-29)38(37(42)46)17-19-40-20-18-38)15-16-32(31)48-36(27)33(49(3,4)39)24-34(45)41(21-22-44)25-28-11-7-5-8-12-28/h5-16,23,27,33,35-36,40,44H,17-22,24-26H2,1-4H3/t27-,33?,35-,36-/m0/s1. The summed E-state index contributed by atoms with van der Waals surface area (Å²) in [5.41, 5.74) is 2.26. The zero-order valence-corrected chi connectivity index (χ0v) is 30.0. The van der Waals surface area contributed by atoms with E-state index in [1.54, 1.807) is 25.1 Å². The maximum Gasteiger partial charge on any atom is 0.254 e. The minimum absolute atomic E-state index is 0.0318. The summed E-state index contributed by atoms with van der Waals surface area (Å²) < 4.78 is 29.0. The van der Waals surface area contributed by atoms with Crippen molar-refractivity contribution < 1.29 is 28.3 Å². The molecule has 0 aromatic heterocycles. The van der Waals surface area contributed by atoms with Gasteiger partial charge in [0.1, 0.15) is 17.4 Å². The lowest BCUT2D eigenvalue weighted by molar-refractivity contribution is -0.133. The molecule has 9 nitrogen and oxygen atoms in total. The van der Waals surface area contributed by atoms with Gasteiger partial charge in [0, 0.05) is 55.0 Å². The molecule has 2 amide bonds. The Morgan fingerprint density at radius 3 is 2.39 bits per heavy atom. The lowest BCUT2D eigenvalue weighted by atomic mass is 9.85. The van der Waals surface area contributed by atoms with E-state index in [1.165, 1.54) is 0 Å². The quantitative estimate of drug-likeness (QED) is 0.198. The molecule has 1 spiro atoms. The van der Waals surface area contributed by atoms with E-state index in [0.717, 1.165) is 48.4 Å². The Morgan fingerprint density at radius 1 is 1.08 bits per heavy atom. The van der Waals surface area contributed by atoms with Crippen molar-refractivity contribution in [2.45, 2.75) is 69.1 Å². The Bertz CT molecular complexity index is 1600. The monoisotopic (exact) mass is 688 g/mol. The van der Waals surface area contributed by atoms with Crippen LogP contribution in [-0.2, 0) is 20.9 Å². The third kappa shape index (κ3) is 6.99. The molecule has 49 heavy (non-hydrogen) atoms. The van der Waals surface area contributed by atoms with Crippen LogP contribution in [0.3, 0.4) is 0 Å². The van der Waals surface area contributed by atoms with Crippen molar-refractivity contribution in [3.8, 4) is 5.75 Å². The van der Waals surface area contributed by atoms with E-state index in [9.17, 15) is 14.7 Å². The number of nitrogens with zero attached hydrogens (tertiary/aromatic N) is 3. The van der Waals surface area contributed by atoms with Crippen LogP contribution in [0.15, 0.2) is 78.9 Å². The van der Waals surface area contributed by atoms with Gasteiger partial charge >= 0.3 is 0 Å². The van der Waals surface area contributed by atoms with Crippen LogP contribution in [0, 0.1) is 5.92 Å². The lowest BCUT2D eigenvalue weighted by Gasteiger charge is -2.43. The van der Waals surface area contributed by atoms with Crippen LogP contribution in [0.4, 0.5) is 15.5 Å². The van der Waals surface area contributed by atoms with E-state index in [0.29, 0.717) is 19.0 Å². The second-order valence-corrected chi connectivity index (χ2v) is 18.0. The van der Waals surface area contributed by atoms with E-state index in [-0.39, 0.29) is 37.3 Å². The fourth-order valence-electron chi connectivity index (χ4n) is 7.98. The second kappa shape index (κ2) is 14.6. The summed E-state index contributed by atoms with van der Waals surface area (Å²) in [6.45, 7) is 7.53. The predicted octanol–water partition coefficient (Wildman–Crippen LogP) is 5.66. The number of methoxy groups -OCH3 is 1. The molecule has 4 atom stereocenters. The van der Waals surface area contributed by atoms with Gasteiger partial charge in [0.25, 0.3) is 5.91 Å². The smallest absolute Gasteiger partial charge is 0.254 e. The van der Waals surface area contributed by atoms with E-state index in [1.807, 2.05) is 78.6 Å². The highest BCUT2D eigenvalue weighted by Crippen LogP contribution is 2.49. The first kappa shape index (κ1) is 35.1. The molecule has 11 heteroatoms. The second-order valence-electron chi connectivity index (χ2n) is 14.1. The maximum absolute atomic E-state index is 16.3. The largest absolute Gasteiger partial charge is 0.490 e. The molecule has 3 heterocycles. The molecule has 0 bridgehead atoms. The normalized spacial score (nSPS) is 22.5. The number of fused-ring (bicyclic) bond motifs is 1. The van der Waals surface area contributed by atoms with Gasteiger partial charge < -0.3 is 33.8 Å². The van der Waals surface area contributed by atoms with Crippen molar-refractivity contribution in [2.24, 2.45) is 5.92 Å². The van der Waals surface area contributed by atoms with Crippen molar-refractivity contribution in [1.82, 2.24) is 10.2 Å². The highest BCUT2D eigenvalue weighted by atomic mass is 28.4. The van der Waals surface area contributed by atoms with Gasteiger partial charge in [-0.1, -0.05) is 55.5 Å². The molecule has 2 fully saturated rings. The van der Waals surface area contributed by atoms with Crippen molar-refractivity contribution in [2.75, 3.05) is 49.8 Å². The van der Waals surface area contributed by atoms with Gasteiger partial charge in [-0.05, 0) is 74.9 Å². The summed E-state index contributed by atoms with van der Waals surface area (Å²) in [5.74, 6) is 0.170.